The SMILES string of the molecule is O=C(CCNC(=O)c1ccco1)NN(c1ccccc1)c1ccccc1. The van der Waals surface area contributed by atoms with Crippen LogP contribution in [0.4, 0.5) is 11.4 Å². The van der Waals surface area contributed by atoms with E-state index in [-0.39, 0.29) is 30.5 Å². The Kier molecular flexibility index (Phi) is 5.67. The van der Waals surface area contributed by atoms with E-state index in [1.807, 2.05) is 60.7 Å². The quantitative estimate of drug-likeness (QED) is 0.642. The maximum Gasteiger partial charge on any atom is 0.286 e. The van der Waals surface area contributed by atoms with E-state index in [9.17, 15) is 9.59 Å². The smallest absolute Gasteiger partial charge is 0.286 e. The number of hydrazine groups is 1. The molecule has 1 aromatic heterocycles. The second kappa shape index (κ2) is 8.53. The molecule has 3 rings (SSSR count). The van der Waals surface area contributed by atoms with Crippen molar-refractivity contribution < 1.29 is 14.0 Å². The summed E-state index contributed by atoms with van der Waals surface area (Å²) in [5, 5.41) is 4.38. The molecule has 0 radical (unpaired) electrons. The Balaban J connectivity index is 1.60. The Morgan fingerprint density at radius 1 is 0.846 bits per heavy atom. The summed E-state index contributed by atoms with van der Waals surface area (Å²) in [7, 11) is 0. The maximum atomic E-state index is 12.3. The Morgan fingerprint density at radius 3 is 2.00 bits per heavy atom. The third kappa shape index (κ3) is 4.51. The molecule has 2 aromatic carbocycles. The second-order valence-corrected chi connectivity index (χ2v) is 5.52. The van der Waals surface area contributed by atoms with Crippen LogP contribution in [0.15, 0.2) is 83.5 Å². The van der Waals surface area contributed by atoms with Crippen molar-refractivity contribution in [3.8, 4) is 0 Å². The summed E-state index contributed by atoms with van der Waals surface area (Å²) in [6.45, 7) is 0.211. The highest BCUT2D eigenvalue weighted by Crippen LogP contribution is 2.22. The van der Waals surface area contributed by atoms with Gasteiger partial charge in [-0.3, -0.25) is 20.0 Å². The Morgan fingerprint density at radius 2 is 1.46 bits per heavy atom. The molecule has 0 saturated carbocycles. The van der Waals surface area contributed by atoms with E-state index < -0.39 is 0 Å². The molecule has 2 N–H and O–H groups in total. The summed E-state index contributed by atoms with van der Waals surface area (Å²) < 4.78 is 5.01. The largest absolute Gasteiger partial charge is 0.459 e. The van der Waals surface area contributed by atoms with Crippen molar-refractivity contribution in [2.45, 2.75) is 6.42 Å². The number of nitrogens with zero attached hydrogens (tertiary/aromatic N) is 1. The first-order valence-electron chi connectivity index (χ1n) is 8.25. The van der Waals surface area contributed by atoms with E-state index in [1.165, 1.54) is 6.26 Å². The fourth-order valence-electron chi connectivity index (χ4n) is 2.40. The lowest BCUT2D eigenvalue weighted by atomic mass is 10.2. The Hall–Kier alpha value is -3.54. The number of amides is 2. The first-order valence-corrected chi connectivity index (χ1v) is 8.25. The minimum Gasteiger partial charge on any atom is -0.459 e. The van der Waals surface area contributed by atoms with E-state index >= 15 is 0 Å². The highest BCUT2D eigenvalue weighted by molar-refractivity contribution is 5.91. The van der Waals surface area contributed by atoms with E-state index in [0.29, 0.717) is 0 Å². The molecule has 26 heavy (non-hydrogen) atoms. The number of rotatable bonds is 7. The molecule has 0 fully saturated rings. The minimum atomic E-state index is -0.342. The number of furan rings is 1. The van der Waals surface area contributed by atoms with Gasteiger partial charge >= 0.3 is 0 Å². The lowest BCUT2D eigenvalue weighted by molar-refractivity contribution is -0.120. The zero-order chi connectivity index (χ0) is 18.2. The lowest BCUT2D eigenvalue weighted by Gasteiger charge is -2.25. The van der Waals surface area contributed by atoms with Crippen molar-refractivity contribution in [3.63, 3.8) is 0 Å². The van der Waals surface area contributed by atoms with Crippen molar-refractivity contribution >= 4 is 23.2 Å². The highest BCUT2D eigenvalue weighted by atomic mass is 16.3. The molecule has 0 unspecified atom stereocenters. The molecule has 6 heteroatoms. The Labute approximate surface area is 151 Å². The van der Waals surface area contributed by atoms with E-state index in [2.05, 4.69) is 10.7 Å². The standard InChI is InChI=1S/C20H19N3O3/c24-19(13-14-21-20(25)18-12-7-15-26-18)22-23(16-8-3-1-4-9-16)17-10-5-2-6-11-17/h1-12,15H,13-14H2,(H,21,25)(H,22,24). The van der Waals surface area contributed by atoms with Crippen LogP contribution < -0.4 is 15.8 Å². The van der Waals surface area contributed by atoms with Gasteiger partial charge in [-0.1, -0.05) is 36.4 Å². The number of carbonyl (C=O) groups is 2. The molecule has 0 aliphatic carbocycles. The molecule has 0 bridgehead atoms. The topological polar surface area (TPSA) is 74.6 Å². The monoisotopic (exact) mass is 349 g/mol. The van der Waals surface area contributed by atoms with Gasteiger partial charge in [0.15, 0.2) is 5.76 Å². The molecule has 0 aliphatic rings. The summed E-state index contributed by atoms with van der Waals surface area (Å²) >= 11 is 0. The number of anilines is 2. The van der Waals surface area contributed by atoms with Gasteiger partial charge in [-0.15, -0.1) is 0 Å². The van der Waals surface area contributed by atoms with Crippen LogP contribution in [0.3, 0.4) is 0 Å². The Bertz CT molecular complexity index is 794. The molecule has 0 atom stereocenters. The zero-order valence-electron chi connectivity index (χ0n) is 14.1. The summed E-state index contributed by atoms with van der Waals surface area (Å²) in [6, 6.07) is 22.3. The van der Waals surface area contributed by atoms with Crippen molar-refractivity contribution in [3.05, 3.63) is 84.8 Å². The average Bonchev–Trinajstić information content (AvgIpc) is 3.22. The van der Waals surface area contributed by atoms with Gasteiger partial charge in [0.25, 0.3) is 5.91 Å². The van der Waals surface area contributed by atoms with Crippen LogP contribution in [0, 0.1) is 0 Å². The van der Waals surface area contributed by atoms with Gasteiger partial charge in [0, 0.05) is 13.0 Å². The van der Waals surface area contributed by atoms with Gasteiger partial charge in [-0.25, -0.2) is 0 Å². The molecular weight excluding hydrogens is 330 g/mol. The van der Waals surface area contributed by atoms with Crippen molar-refractivity contribution in [1.29, 1.82) is 0 Å². The lowest BCUT2D eigenvalue weighted by Crippen LogP contribution is -2.40. The van der Waals surface area contributed by atoms with Gasteiger partial charge < -0.3 is 9.73 Å². The summed E-state index contributed by atoms with van der Waals surface area (Å²) in [5.41, 5.74) is 4.56. The molecule has 0 saturated heterocycles. The van der Waals surface area contributed by atoms with E-state index in [4.69, 9.17) is 4.42 Å². The summed E-state index contributed by atoms with van der Waals surface area (Å²) in [5.74, 6) is -0.330. The predicted molar refractivity (Wildman–Crippen MR) is 98.8 cm³/mol. The van der Waals surface area contributed by atoms with E-state index in [1.54, 1.807) is 17.1 Å². The molecule has 0 spiro atoms. The van der Waals surface area contributed by atoms with Crippen LogP contribution in [0.1, 0.15) is 17.0 Å². The summed E-state index contributed by atoms with van der Waals surface area (Å²) in [4.78, 5) is 24.1. The molecular formula is C20H19N3O3. The summed E-state index contributed by atoms with van der Waals surface area (Å²) in [6.07, 6.45) is 1.57. The maximum absolute atomic E-state index is 12.3. The van der Waals surface area contributed by atoms with Crippen molar-refractivity contribution in [2.24, 2.45) is 0 Å². The molecule has 0 aliphatic heterocycles. The number of para-hydroxylation sites is 2. The van der Waals surface area contributed by atoms with E-state index in [0.717, 1.165) is 11.4 Å². The van der Waals surface area contributed by atoms with Gasteiger partial charge in [-0.05, 0) is 36.4 Å². The first kappa shape index (κ1) is 17.3. The predicted octanol–water partition coefficient (Wildman–Crippen LogP) is 3.27. The van der Waals surface area contributed by atoms with Crippen LogP contribution in [0.25, 0.3) is 0 Å². The fourth-order valence-corrected chi connectivity index (χ4v) is 2.40. The van der Waals surface area contributed by atoms with Gasteiger partial charge in [0.05, 0.1) is 17.6 Å². The van der Waals surface area contributed by atoms with Gasteiger partial charge in [-0.2, -0.15) is 0 Å². The van der Waals surface area contributed by atoms with Crippen molar-refractivity contribution in [2.75, 3.05) is 11.6 Å². The number of hydrogen-bond donors (Lipinski definition) is 2. The second-order valence-electron chi connectivity index (χ2n) is 5.52. The van der Waals surface area contributed by atoms with Gasteiger partial charge in [0.2, 0.25) is 5.91 Å². The first-order chi connectivity index (χ1) is 12.7. The molecule has 1 heterocycles. The van der Waals surface area contributed by atoms with Crippen LogP contribution >= 0.6 is 0 Å². The third-order valence-electron chi connectivity index (χ3n) is 3.65. The average molecular weight is 349 g/mol. The third-order valence-corrected chi connectivity index (χ3v) is 3.65. The van der Waals surface area contributed by atoms with Crippen LogP contribution in [0.5, 0.6) is 0 Å². The number of hydrogen-bond acceptors (Lipinski definition) is 4. The molecule has 2 amide bonds. The van der Waals surface area contributed by atoms with Crippen LogP contribution in [-0.2, 0) is 4.79 Å². The van der Waals surface area contributed by atoms with Crippen LogP contribution in [0.2, 0.25) is 0 Å². The normalized spacial score (nSPS) is 10.2. The molecule has 6 nitrogen and oxygen atoms in total. The number of nitrogens with one attached hydrogen (secondary N) is 2. The number of benzene rings is 2. The number of carbonyl (C=O) groups excluding carboxylic acids is 2. The van der Waals surface area contributed by atoms with Crippen molar-refractivity contribution in [1.82, 2.24) is 10.7 Å². The van der Waals surface area contributed by atoms with Crippen LogP contribution in [-0.4, -0.2) is 18.4 Å². The minimum absolute atomic E-state index is 0.141. The zero-order valence-corrected chi connectivity index (χ0v) is 14.1. The fraction of sp³-hybridized carbons (Fsp3) is 0.100. The molecule has 3 aromatic rings. The van der Waals surface area contributed by atoms with Gasteiger partial charge in [0.1, 0.15) is 0 Å². The highest BCUT2D eigenvalue weighted by Gasteiger charge is 2.13. The molecule has 132 valence electrons.